The molecule has 2 heterocycles. The van der Waals surface area contributed by atoms with Gasteiger partial charge in [-0.1, -0.05) is 20.8 Å². The molecule has 8 aliphatic rings. The fourth-order valence-corrected chi connectivity index (χ4v) is 13.9. The van der Waals surface area contributed by atoms with Gasteiger partial charge in [0.2, 0.25) is 5.91 Å². The largest absolute Gasteiger partial charge is 0.373 e. The van der Waals surface area contributed by atoms with E-state index in [1.807, 2.05) is 11.9 Å². The molecule has 0 radical (unpaired) electrons. The number of hydrogen-bond acceptors (Lipinski definition) is 5. The quantitative estimate of drug-likeness (QED) is 0.274. The maximum absolute atomic E-state index is 13.8. The first-order chi connectivity index (χ1) is 23.9. The summed E-state index contributed by atoms with van der Waals surface area (Å²) in [5, 5.41) is 0. The van der Waals surface area contributed by atoms with Crippen molar-refractivity contribution in [2.24, 2.45) is 51.2 Å². The van der Waals surface area contributed by atoms with Gasteiger partial charge >= 0.3 is 0 Å². The maximum atomic E-state index is 13.8. The van der Waals surface area contributed by atoms with Crippen molar-refractivity contribution in [2.75, 3.05) is 33.3 Å². The molecule has 0 bridgehead atoms. The number of rotatable bonds is 8. The van der Waals surface area contributed by atoms with E-state index in [-0.39, 0.29) is 31.2 Å². The van der Waals surface area contributed by atoms with Gasteiger partial charge in [0, 0.05) is 33.5 Å². The van der Waals surface area contributed by atoms with Crippen LogP contribution in [0.15, 0.2) is 18.2 Å². The molecule has 2 aliphatic heterocycles. The monoisotopic (exact) mass is 696 g/mol. The lowest BCUT2D eigenvalue weighted by Gasteiger charge is -2.60. The van der Waals surface area contributed by atoms with E-state index in [1.165, 1.54) is 76.3 Å². The van der Waals surface area contributed by atoms with Crippen molar-refractivity contribution in [1.82, 2.24) is 9.80 Å². The molecule has 8 heteroatoms. The third kappa shape index (κ3) is 5.54. The first kappa shape index (κ1) is 34.2. The third-order valence-corrected chi connectivity index (χ3v) is 16.4. The number of ether oxygens (including phenoxy) is 3. The molecule has 6 nitrogen and oxygen atoms in total. The second-order valence-corrected chi connectivity index (χ2v) is 19.3. The minimum atomic E-state index is -0.514. The van der Waals surface area contributed by atoms with Crippen LogP contribution in [0.3, 0.4) is 0 Å². The highest BCUT2D eigenvalue weighted by Crippen LogP contribution is 2.87. The standard InChI is InChI=1S/C42H60F2N2O4.H2/c1-39(2)35-10-9-31-33-21-34-32(8-7-30(49-34)23-45(4)22-27-17-28(43)20-29(44)18-27)40(33,3)13-14-41(31)25-42(35,41)12-11-36(39)50-38-24-46(15-16-48-38)37(47)19-26-5-6-26;/h17-18,20,26,30-36,38H,5-16,19,21-25H2,1-4H3;1H/t30?,31?,32?,33?,34?,35?,36-,38?,40?,41-,42?;/m0./s1. The van der Waals surface area contributed by atoms with Crippen LogP contribution in [0.5, 0.6) is 0 Å². The van der Waals surface area contributed by atoms with Crippen LogP contribution < -0.4 is 0 Å². The normalized spacial score (nSPS) is 44.5. The molecule has 2 saturated heterocycles. The molecule has 278 valence electrons. The number of likely N-dealkylation sites (N-methyl/N-ethyl adjacent to an activating group) is 1. The van der Waals surface area contributed by atoms with Crippen molar-refractivity contribution in [1.29, 1.82) is 0 Å². The first-order valence-corrected chi connectivity index (χ1v) is 20.2. The molecule has 2 spiro atoms. The minimum absolute atomic E-state index is 0. The number of amides is 1. The van der Waals surface area contributed by atoms with Crippen LogP contribution >= 0.6 is 0 Å². The Bertz CT molecular complexity index is 1470. The predicted molar refractivity (Wildman–Crippen MR) is 189 cm³/mol. The van der Waals surface area contributed by atoms with Gasteiger partial charge in [0.05, 0.1) is 31.5 Å². The Morgan fingerprint density at radius 1 is 0.960 bits per heavy atom. The molecular formula is C42H62F2N2O4. The topological polar surface area (TPSA) is 51.2 Å². The number of hydrogen-bond donors (Lipinski definition) is 0. The van der Waals surface area contributed by atoms with Crippen LogP contribution in [-0.2, 0) is 25.5 Å². The van der Waals surface area contributed by atoms with E-state index >= 15 is 0 Å². The number of carbonyl (C=O) groups is 1. The summed E-state index contributed by atoms with van der Waals surface area (Å²) in [6.45, 7) is 10.8. The van der Waals surface area contributed by atoms with E-state index in [2.05, 4.69) is 25.7 Å². The van der Waals surface area contributed by atoms with Gasteiger partial charge in [-0.05, 0) is 153 Å². The molecule has 50 heavy (non-hydrogen) atoms. The highest BCUT2D eigenvalue weighted by molar-refractivity contribution is 5.76. The van der Waals surface area contributed by atoms with E-state index in [4.69, 9.17) is 14.2 Å². The molecule has 1 amide bonds. The molecule has 11 atom stereocenters. The van der Waals surface area contributed by atoms with Gasteiger partial charge in [0.1, 0.15) is 11.6 Å². The fraction of sp³-hybridized carbons (Fsp3) is 0.833. The zero-order valence-corrected chi connectivity index (χ0v) is 30.9. The predicted octanol–water partition coefficient (Wildman–Crippen LogP) is 8.22. The summed E-state index contributed by atoms with van der Waals surface area (Å²) < 4.78 is 47.6. The van der Waals surface area contributed by atoms with Crippen LogP contribution in [-0.4, -0.2) is 73.6 Å². The van der Waals surface area contributed by atoms with Gasteiger partial charge in [-0.25, -0.2) is 8.78 Å². The molecule has 9 rings (SSSR count). The Hall–Kier alpha value is -1.61. The number of halogens is 2. The van der Waals surface area contributed by atoms with Gasteiger partial charge < -0.3 is 19.1 Å². The Labute approximate surface area is 299 Å². The molecular weight excluding hydrogens is 634 g/mol. The molecule has 6 aliphatic carbocycles. The van der Waals surface area contributed by atoms with E-state index in [0.717, 1.165) is 37.3 Å². The summed E-state index contributed by atoms with van der Waals surface area (Å²) >= 11 is 0. The van der Waals surface area contributed by atoms with Gasteiger partial charge in [-0.2, -0.15) is 0 Å². The Balaban J connectivity index is 0.00000374. The van der Waals surface area contributed by atoms with Gasteiger partial charge in [-0.15, -0.1) is 0 Å². The van der Waals surface area contributed by atoms with Crippen molar-refractivity contribution in [3.8, 4) is 0 Å². The van der Waals surface area contributed by atoms with E-state index in [1.54, 1.807) is 0 Å². The molecule has 6 saturated carbocycles. The lowest BCUT2D eigenvalue weighted by molar-refractivity contribution is -0.244. The number of morpholine rings is 1. The minimum Gasteiger partial charge on any atom is -0.373 e. The Morgan fingerprint density at radius 3 is 2.52 bits per heavy atom. The SMILES string of the molecule is CN(Cc1cc(F)cc(F)c1)CC1CCC2C(CC3C4CCC5C(C)(C)[C@@H](OC6CN(C(=O)CC7CC7)CCO6)CCC56C[C@@]46CCC23C)O1.[HH]. The van der Waals surface area contributed by atoms with Crippen LogP contribution in [0.2, 0.25) is 0 Å². The highest BCUT2D eigenvalue weighted by atomic mass is 19.1. The van der Waals surface area contributed by atoms with Gasteiger partial charge in [0.15, 0.2) is 6.29 Å². The summed E-state index contributed by atoms with van der Waals surface area (Å²) in [6.07, 6.45) is 16.1. The van der Waals surface area contributed by atoms with Crippen molar-refractivity contribution < 1.29 is 29.2 Å². The molecule has 0 aromatic heterocycles. The summed E-state index contributed by atoms with van der Waals surface area (Å²) in [4.78, 5) is 17.1. The van der Waals surface area contributed by atoms with Crippen LogP contribution in [0.4, 0.5) is 8.78 Å². The van der Waals surface area contributed by atoms with E-state index in [0.29, 0.717) is 78.3 Å². The third-order valence-electron chi connectivity index (χ3n) is 16.4. The van der Waals surface area contributed by atoms with Crippen LogP contribution in [0, 0.1) is 62.9 Å². The Kier molecular flexibility index (Phi) is 8.35. The summed E-state index contributed by atoms with van der Waals surface area (Å²) in [7, 11) is 2.04. The fourth-order valence-electron chi connectivity index (χ4n) is 13.9. The maximum Gasteiger partial charge on any atom is 0.223 e. The highest BCUT2D eigenvalue weighted by Gasteiger charge is 2.80. The zero-order chi connectivity index (χ0) is 34.6. The second-order valence-electron chi connectivity index (χ2n) is 19.3. The molecule has 9 unspecified atom stereocenters. The van der Waals surface area contributed by atoms with Crippen molar-refractivity contribution in [3.63, 3.8) is 0 Å². The average Bonchev–Trinajstić information content (AvgIpc) is 3.97. The lowest BCUT2D eigenvalue weighted by Crippen LogP contribution is -2.56. The number of nitrogens with zero attached hydrogens (tertiary/aromatic N) is 2. The molecule has 1 aromatic carbocycles. The van der Waals surface area contributed by atoms with Crippen LogP contribution in [0.1, 0.15) is 111 Å². The lowest BCUT2D eigenvalue weighted by atomic mass is 9.46. The smallest absolute Gasteiger partial charge is 0.223 e. The van der Waals surface area contributed by atoms with Crippen molar-refractivity contribution in [3.05, 3.63) is 35.4 Å². The van der Waals surface area contributed by atoms with E-state index < -0.39 is 11.6 Å². The van der Waals surface area contributed by atoms with Gasteiger partial charge in [0.25, 0.3) is 0 Å². The number of fused-ring (bicyclic) bond motifs is 4. The summed E-state index contributed by atoms with van der Waals surface area (Å²) in [5.41, 5.74) is 2.06. The van der Waals surface area contributed by atoms with Crippen molar-refractivity contribution in [2.45, 2.75) is 135 Å². The molecule has 0 N–H and O–H groups in total. The average molecular weight is 697 g/mol. The van der Waals surface area contributed by atoms with Gasteiger partial charge in [-0.3, -0.25) is 9.69 Å². The molecule has 1 aromatic rings. The number of benzene rings is 1. The Morgan fingerprint density at radius 2 is 1.74 bits per heavy atom. The summed E-state index contributed by atoms with van der Waals surface area (Å²) in [5.74, 6) is 2.73. The van der Waals surface area contributed by atoms with E-state index in [9.17, 15) is 13.6 Å². The zero-order valence-electron chi connectivity index (χ0n) is 30.9. The van der Waals surface area contributed by atoms with Crippen LogP contribution in [0.25, 0.3) is 0 Å². The number of carbonyl (C=O) groups excluding carboxylic acids is 1. The molecule has 8 fully saturated rings. The second kappa shape index (κ2) is 12.2. The first-order valence-electron chi connectivity index (χ1n) is 20.2. The summed E-state index contributed by atoms with van der Waals surface area (Å²) in [6, 6.07) is 3.82. The van der Waals surface area contributed by atoms with Crippen molar-refractivity contribution >= 4 is 5.91 Å².